The quantitative estimate of drug-likeness (QED) is 0.485. The highest BCUT2D eigenvalue weighted by atomic mass is 32.2. The Morgan fingerprint density at radius 2 is 1.33 bits per heavy atom. The largest absolute Gasteiger partial charge is 0.369 e. The molecule has 0 aromatic heterocycles. The first-order valence-corrected chi connectivity index (χ1v) is 15.4. The average Bonchev–Trinajstić information content (AvgIpc) is 2.81. The Morgan fingerprint density at radius 1 is 0.861 bits per heavy atom. The normalized spacial score (nSPS) is 18.6. The highest BCUT2D eigenvalue weighted by molar-refractivity contribution is 7.92. The Kier molecular flexibility index (Phi) is 8.38. The molecule has 0 bridgehead atoms. The van der Waals surface area contributed by atoms with Gasteiger partial charge in [0.15, 0.2) is 0 Å². The number of guanidine groups is 2. The Bertz CT molecular complexity index is 1250. The van der Waals surface area contributed by atoms with Gasteiger partial charge in [-0.3, -0.25) is 4.90 Å². The van der Waals surface area contributed by atoms with E-state index in [0.717, 1.165) is 19.3 Å². The maximum Gasteiger partial charge on any atom is 0.244 e. The maximum atomic E-state index is 13.8. The molecule has 0 atom stereocenters. The van der Waals surface area contributed by atoms with E-state index in [1.54, 1.807) is 39.5 Å². The first-order valence-electron chi connectivity index (χ1n) is 12.5. The monoisotopic (exact) mass is 541 g/mol. The van der Waals surface area contributed by atoms with Crippen molar-refractivity contribution in [1.82, 2.24) is 8.61 Å². The number of rotatable bonds is 9. The van der Waals surface area contributed by atoms with Crippen LogP contribution in [0.25, 0.3) is 0 Å². The molecule has 202 valence electrons. The predicted octanol–water partition coefficient (Wildman–Crippen LogP) is 2.17. The number of anilines is 1. The summed E-state index contributed by atoms with van der Waals surface area (Å²) in [5, 5.41) is 0. The fraction of sp³-hybridized carbons (Fsp3) is 0.652. The van der Waals surface area contributed by atoms with Crippen LogP contribution in [0.5, 0.6) is 0 Å². The summed E-state index contributed by atoms with van der Waals surface area (Å²) in [5.74, 6) is 0.193. The molecule has 1 spiro atoms. The molecule has 1 saturated carbocycles. The third-order valence-electron chi connectivity index (χ3n) is 7.00. The third-order valence-corrected chi connectivity index (χ3v) is 11.3. The molecule has 0 radical (unpaired) electrons. The summed E-state index contributed by atoms with van der Waals surface area (Å²) in [6, 6.07) is 2.86. The number of aliphatic imine (C=N–C) groups is 2. The van der Waals surface area contributed by atoms with Crippen molar-refractivity contribution in [1.29, 1.82) is 0 Å². The van der Waals surface area contributed by atoms with Crippen LogP contribution in [0.3, 0.4) is 0 Å². The van der Waals surface area contributed by atoms with Crippen LogP contribution in [0.4, 0.5) is 5.69 Å². The molecular formula is C23H39N7O4S2. The Labute approximate surface area is 215 Å². The summed E-state index contributed by atoms with van der Waals surface area (Å²) in [6.07, 6.45) is 4.18. The van der Waals surface area contributed by atoms with E-state index in [2.05, 4.69) is 9.98 Å². The number of sulfonamides is 2. The number of benzene rings is 1. The zero-order valence-corrected chi connectivity index (χ0v) is 23.5. The minimum atomic E-state index is -4.15. The van der Waals surface area contributed by atoms with Crippen LogP contribution in [0.2, 0.25) is 0 Å². The lowest BCUT2D eigenvalue weighted by molar-refractivity contribution is 0.305. The van der Waals surface area contributed by atoms with Crippen molar-refractivity contribution in [2.24, 2.45) is 21.5 Å². The van der Waals surface area contributed by atoms with Gasteiger partial charge in [-0.15, -0.1) is 0 Å². The van der Waals surface area contributed by atoms with E-state index in [-0.39, 0.29) is 47.9 Å². The smallest absolute Gasteiger partial charge is 0.244 e. The molecule has 1 aromatic carbocycles. The van der Waals surface area contributed by atoms with Gasteiger partial charge in [-0.25, -0.2) is 21.8 Å². The van der Waals surface area contributed by atoms with Crippen molar-refractivity contribution >= 4 is 37.7 Å². The van der Waals surface area contributed by atoms with E-state index in [0.29, 0.717) is 24.1 Å². The third kappa shape index (κ3) is 4.85. The van der Waals surface area contributed by atoms with E-state index in [1.165, 1.54) is 20.7 Å². The van der Waals surface area contributed by atoms with Gasteiger partial charge in [-0.05, 0) is 50.3 Å². The van der Waals surface area contributed by atoms with Crippen LogP contribution < -0.4 is 16.4 Å². The van der Waals surface area contributed by atoms with Crippen LogP contribution in [0.1, 0.15) is 65.4 Å². The molecule has 11 nitrogen and oxygen atoms in total. The summed E-state index contributed by atoms with van der Waals surface area (Å²) >= 11 is 0. The van der Waals surface area contributed by atoms with Gasteiger partial charge in [0.25, 0.3) is 0 Å². The van der Waals surface area contributed by atoms with Crippen LogP contribution >= 0.6 is 0 Å². The zero-order chi connectivity index (χ0) is 26.9. The number of hydrogen-bond acceptors (Lipinski definition) is 9. The molecule has 13 heteroatoms. The molecule has 1 aliphatic carbocycles. The van der Waals surface area contributed by atoms with Crippen molar-refractivity contribution in [3.05, 3.63) is 17.7 Å². The second-order valence-corrected chi connectivity index (χ2v) is 12.9. The van der Waals surface area contributed by atoms with Gasteiger partial charge in [0.05, 0.1) is 5.69 Å². The summed E-state index contributed by atoms with van der Waals surface area (Å²) in [5.41, 5.74) is 12.6. The van der Waals surface area contributed by atoms with Crippen molar-refractivity contribution in [2.45, 2.75) is 82.2 Å². The fourth-order valence-corrected chi connectivity index (χ4v) is 8.93. The molecule has 0 unspecified atom stereocenters. The molecule has 4 N–H and O–H groups in total. The van der Waals surface area contributed by atoms with Crippen molar-refractivity contribution in [3.63, 3.8) is 0 Å². The molecule has 0 amide bonds. The second kappa shape index (κ2) is 10.6. The summed E-state index contributed by atoms with van der Waals surface area (Å²) < 4.78 is 57.5. The lowest BCUT2D eigenvalue weighted by Gasteiger charge is -2.46. The molecule has 1 fully saturated rings. The first kappa shape index (κ1) is 28.4. The Balaban J connectivity index is 2.36. The Morgan fingerprint density at radius 3 is 1.81 bits per heavy atom. The molecule has 36 heavy (non-hydrogen) atoms. The van der Waals surface area contributed by atoms with Gasteiger partial charge in [-0.1, -0.05) is 34.1 Å². The highest BCUT2D eigenvalue weighted by Crippen LogP contribution is 2.42. The van der Waals surface area contributed by atoms with Gasteiger partial charge in [0.1, 0.15) is 15.5 Å². The lowest BCUT2D eigenvalue weighted by atomic mass is 9.87. The summed E-state index contributed by atoms with van der Waals surface area (Å²) in [4.78, 5) is 10.1. The van der Waals surface area contributed by atoms with E-state index >= 15 is 0 Å². The van der Waals surface area contributed by atoms with Crippen LogP contribution in [-0.4, -0.2) is 69.2 Å². The predicted molar refractivity (Wildman–Crippen MR) is 143 cm³/mol. The molecule has 1 aromatic rings. The highest BCUT2D eigenvalue weighted by Gasteiger charge is 2.44. The molecule has 3 rings (SSSR count). The van der Waals surface area contributed by atoms with Crippen molar-refractivity contribution < 1.29 is 16.8 Å². The van der Waals surface area contributed by atoms with Crippen molar-refractivity contribution in [2.75, 3.05) is 31.1 Å². The topological polar surface area (TPSA) is 155 Å². The molecule has 0 saturated heterocycles. The molecule has 2 aliphatic rings. The van der Waals surface area contributed by atoms with E-state index in [4.69, 9.17) is 11.5 Å². The van der Waals surface area contributed by atoms with Gasteiger partial charge >= 0.3 is 0 Å². The van der Waals surface area contributed by atoms with Gasteiger partial charge in [0, 0.05) is 26.2 Å². The maximum absolute atomic E-state index is 13.8. The van der Waals surface area contributed by atoms with E-state index < -0.39 is 25.7 Å². The summed E-state index contributed by atoms with van der Waals surface area (Å²) in [7, 11) is -8.24. The standard InChI is InChI=1S/C23H39N7O4S2/c1-6-28(7-2)35(31,32)19-15-17(5)18(16-20(19)36(33,34)29(8-3)9-4)30-22(25)26-21(24)27-23(30)13-11-10-12-14-23/h15-16H,6-14H2,1-5H3,(H4,24,25,26,27). The number of nitrogens with zero attached hydrogens (tertiary/aromatic N) is 5. The number of aryl methyl sites for hydroxylation is 1. The second-order valence-electron chi connectivity index (χ2n) is 9.08. The van der Waals surface area contributed by atoms with Gasteiger partial charge in [-0.2, -0.15) is 13.6 Å². The van der Waals surface area contributed by atoms with Crippen molar-refractivity contribution in [3.8, 4) is 0 Å². The number of hydrogen-bond donors (Lipinski definition) is 2. The Hall–Kier alpha value is -2.22. The van der Waals surface area contributed by atoms with Gasteiger partial charge < -0.3 is 11.5 Å². The summed E-state index contributed by atoms with van der Waals surface area (Å²) in [6.45, 7) is 9.46. The van der Waals surface area contributed by atoms with E-state index in [1.807, 2.05) is 0 Å². The minimum absolute atomic E-state index is 0.0834. The minimum Gasteiger partial charge on any atom is -0.369 e. The van der Waals surface area contributed by atoms with Crippen LogP contribution in [-0.2, 0) is 20.0 Å². The number of nitrogens with two attached hydrogens (primary N) is 2. The van der Waals surface area contributed by atoms with Gasteiger partial charge in [0.2, 0.25) is 32.0 Å². The molecule has 1 heterocycles. The van der Waals surface area contributed by atoms with Crippen LogP contribution in [0.15, 0.2) is 31.9 Å². The average molecular weight is 542 g/mol. The molecule has 1 aliphatic heterocycles. The van der Waals surface area contributed by atoms with E-state index in [9.17, 15) is 16.8 Å². The first-order chi connectivity index (χ1) is 16.9. The fourth-order valence-electron chi connectivity index (χ4n) is 5.17. The molecular weight excluding hydrogens is 502 g/mol. The zero-order valence-electron chi connectivity index (χ0n) is 21.9. The SMILES string of the molecule is CCN(CC)S(=O)(=O)c1cc(C)c(N2C(N)=NC(N)=NC23CCCCC3)cc1S(=O)(=O)N(CC)CC. The van der Waals surface area contributed by atoms with Crippen LogP contribution in [0, 0.1) is 6.92 Å². The lowest BCUT2D eigenvalue weighted by Crippen LogP contribution is -2.58.